The third kappa shape index (κ3) is 8.56. The Morgan fingerprint density at radius 2 is 2.00 bits per heavy atom. The van der Waals surface area contributed by atoms with E-state index >= 15 is 0 Å². The number of nitrogens with zero attached hydrogens (tertiary/aromatic N) is 2. The lowest BCUT2D eigenvalue weighted by atomic mass is 9.93. The first-order valence-electron chi connectivity index (χ1n) is 8.56. The maximum Gasteiger partial charge on any atom is 0.191 e. The van der Waals surface area contributed by atoms with E-state index in [1.165, 1.54) is 0 Å². The molecule has 22 heavy (non-hydrogen) atoms. The van der Waals surface area contributed by atoms with Crippen molar-refractivity contribution in [3.63, 3.8) is 0 Å². The Morgan fingerprint density at radius 3 is 2.64 bits per heavy atom. The number of likely N-dealkylation sites (N-methyl/N-ethyl adjacent to an activating group) is 1. The highest BCUT2D eigenvalue weighted by Gasteiger charge is 2.19. The quantitative estimate of drug-likeness (QED) is 0.334. The van der Waals surface area contributed by atoms with Gasteiger partial charge in [-0.2, -0.15) is 0 Å². The van der Waals surface area contributed by atoms with Gasteiger partial charge in [-0.1, -0.05) is 0 Å². The van der Waals surface area contributed by atoms with Crippen molar-refractivity contribution in [1.29, 1.82) is 0 Å². The minimum Gasteiger partial charge on any atom is -0.393 e. The molecule has 0 aromatic rings. The van der Waals surface area contributed by atoms with Crippen LogP contribution in [0.25, 0.3) is 0 Å². The van der Waals surface area contributed by atoms with Crippen molar-refractivity contribution in [1.82, 2.24) is 15.5 Å². The van der Waals surface area contributed by atoms with Crippen LogP contribution in [0.3, 0.4) is 0 Å². The molecule has 0 aliphatic heterocycles. The number of nitrogens with one attached hydrogen (secondary N) is 2. The van der Waals surface area contributed by atoms with E-state index in [0.29, 0.717) is 6.04 Å². The van der Waals surface area contributed by atoms with Crippen LogP contribution in [0.5, 0.6) is 0 Å². The lowest BCUT2D eigenvalue weighted by Crippen LogP contribution is -2.45. The smallest absolute Gasteiger partial charge is 0.191 e. The molecule has 0 atom stereocenters. The van der Waals surface area contributed by atoms with Crippen molar-refractivity contribution in [2.24, 2.45) is 4.99 Å². The second-order valence-electron chi connectivity index (χ2n) is 6.06. The average Bonchev–Trinajstić information content (AvgIpc) is 2.51. The Labute approximate surface area is 135 Å². The van der Waals surface area contributed by atoms with Crippen molar-refractivity contribution >= 4 is 5.96 Å². The van der Waals surface area contributed by atoms with E-state index in [1.54, 1.807) is 7.11 Å². The summed E-state index contributed by atoms with van der Waals surface area (Å²) in [4.78, 5) is 6.92. The molecule has 0 aromatic heterocycles. The highest BCUT2D eigenvalue weighted by molar-refractivity contribution is 5.80. The van der Waals surface area contributed by atoms with Crippen LogP contribution in [0, 0.1) is 0 Å². The van der Waals surface area contributed by atoms with Crippen molar-refractivity contribution in [2.75, 3.05) is 46.9 Å². The van der Waals surface area contributed by atoms with Crippen LogP contribution in [0.15, 0.2) is 4.99 Å². The molecule has 0 unspecified atom stereocenters. The zero-order chi connectivity index (χ0) is 16.2. The monoisotopic (exact) mass is 314 g/mol. The summed E-state index contributed by atoms with van der Waals surface area (Å²) >= 11 is 0. The fourth-order valence-corrected chi connectivity index (χ4v) is 2.62. The number of hydrogen-bond donors (Lipinski definition) is 3. The first kappa shape index (κ1) is 19.2. The number of methoxy groups -OCH3 is 1. The molecule has 1 aliphatic rings. The Balaban J connectivity index is 2.26. The van der Waals surface area contributed by atoms with E-state index < -0.39 is 0 Å². The van der Waals surface area contributed by atoms with Gasteiger partial charge in [0, 0.05) is 32.8 Å². The van der Waals surface area contributed by atoms with Gasteiger partial charge in [-0.15, -0.1) is 0 Å². The molecular weight excluding hydrogens is 280 g/mol. The predicted octanol–water partition coefficient (Wildman–Crippen LogP) is 0.813. The number of ether oxygens (including phenoxy) is 1. The molecule has 0 saturated heterocycles. The maximum absolute atomic E-state index is 9.56. The zero-order valence-electron chi connectivity index (χ0n) is 14.5. The molecule has 1 aliphatic carbocycles. The largest absolute Gasteiger partial charge is 0.393 e. The summed E-state index contributed by atoms with van der Waals surface area (Å²) < 4.78 is 5.07. The van der Waals surface area contributed by atoms with Crippen molar-refractivity contribution < 1.29 is 9.84 Å². The Kier molecular flexibility index (Phi) is 10.2. The van der Waals surface area contributed by atoms with E-state index in [4.69, 9.17) is 4.74 Å². The molecule has 0 bridgehead atoms. The molecule has 1 fully saturated rings. The van der Waals surface area contributed by atoms with Gasteiger partial charge in [0.05, 0.1) is 12.7 Å². The fourth-order valence-electron chi connectivity index (χ4n) is 2.62. The van der Waals surface area contributed by atoms with Gasteiger partial charge < -0.3 is 25.4 Å². The third-order valence-corrected chi connectivity index (χ3v) is 4.03. The second-order valence-corrected chi connectivity index (χ2v) is 6.06. The molecule has 0 radical (unpaired) electrons. The second kappa shape index (κ2) is 11.7. The molecular formula is C16H34N4O2. The number of aliphatic hydroxyl groups excluding tert-OH is 1. The predicted molar refractivity (Wildman–Crippen MR) is 91.4 cm³/mol. The van der Waals surface area contributed by atoms with Crippen LogP contribution < -0.4 is 10.6 Å². The van der Waals surface area contributed by atoms with Crippen LogP contribution in [0.2, 0.25) is 0 Å². The minimum atomic E-state index is -0.111. The van der Waals surface area contributed by atoms with E-state index in [0.717, 1.165) is 70.8 Å². The molecule has 1 saturated carbocycles. The first-order valence-corrected chi connectivity index (χ1v) is 8.56. The van der Waals surface area contributed by atoms with Crippen LogP contribution in [0.1, 0.15) is 39.0 Å². The summed E-state index contributed by atoms with van der Waals surface area (Å²) in [6.07, 6.45) is 4.75. The van der Waals surface area contributed by atoms with Crippen LogP contribution >= 0.6 is 0 Å². The Morgan fingerprint density at radius 1 is 1.27 bits per heavy atom. The van der Waals surface area contributed by atoms with Gasteiger partial charge in [-0.25, -0.2) is 0 Å². The number of guanidine groups is 1. The summed E-state index contributed by atoms with van der Waals surface area (Å²) in [5, 5.41) is 16.4. The lowest BCUT2D eigenvalue weighted by Gasteiger charge is -2.27. The molecule has 6 nitrogen and oxygen atoms in total. The average molecular weight is 314 g/mol. The molecule has 0 heterocycles. The summed E-state index contributed by atoms with van der Waals surface area (Å²) in [5.74, 6) is 0.906. The Bertz CT molecular complexity index is 305. The van der Waals surface area contributed by atoms with Crippen LogP contribution in [0.4, 0.5) is 0 Å². The topological polar surface area (TPSA) is 69.1 Å². The van der Waals surface area contributed by atoms with E-state index in [1.807, 2.05) is 0 Å². The molecule has 0 aromatic carbocycles. The first-order chi connectivity index (χ1) is 10.7. The zero-order valence-corrected chi connectivity index (χ0v) is 14.5. The summed E-state index contributed by atoms with van der Waals surface area (Å²) in [7, 11) is 3.84. The molecule has 130 valence electrons. The number of aliphatic hydroxyl groups is 1. The fraction of sp³-hybridized carbons (Fsp3) is 0.938. The summed E-state index contributed by atoms with van der Waals surface area (Å²) in [6.45, 7) is 6.54. The summed E-state index contributed by atoms with van der Waals surface area (Å²) in [5.41, 5.74) is 0. The molecule has 0 amide bonds. The molecule has 0 spiro atoms. The van der Waals surface area contributed by atoms with Crippen molar-refractivity contribution in [3.05, 3.63) is 0 Å². The van der Waals surface area contributed by atoms with Gasteiger partial charge in [0.25, 0.3) is 0 Å². The molecule has 1 rings (SSSR count). The normalized spacial score (nSPS) is 22.9. The number of rotatable bonds is 9. The highest BCUT2D eigenvalue weighted by atomic mass is 16.5. The molecule has 3 N–H and O–H groups in total. The van der Waals surface area contributed by atoms with E-state index in [2.05, 4.69) is 34.5 Å². The third-order valence-electron chi connectivity index (χ3n) is 4.03. The highest BCUT2D eigenvalue weighted by Crippen LogP contribution is 2.18. The van der Waals surface area contributed by atoms with Gasteiger partial charge in [-0.05, 0) is 52.6 Å². The number of hydrogen-bond acceptors (Lipinski definition) is 4. The van der Waals surface area contributed by atoms with Gasteiger partial charge >= 0.3 is 0 Å². The van der Waals surface area contributed by atoms with Crippen molar-refractivity contribution in [3.8, 4) is 0 Å². The maximum atomic E-state index is 9.56. The summed E-state index contributed by atoms with van der Waals surface area (Å²) in [6, 6.07) is 0.436. The SMILES string of the molecule is CCNC(=NCCCN(C)CCOC)NC1CCC(O)CC1. The molecule has 6 heteroatoms. The van der Waals surface area contributed by atoms with Crippen molar-refractivity contribution in [2.45, 2.75) is 51.2 Å². The van der Waals surface area contributed by atoms with E-state index in [-0.39, 0.29) is 6.10 Å². The van der Waals surface area contributed by atoms with Crippen LogP contribution in [-0.4, -0.2) is 75.1 Å². The van der Waals surface area contributed by atoms with Gasteiger partial charge in [0.2, 0.25) is 0 Å². The standard InChI is InChI=1S/C16H34N4O2/c1-4-17-16(19-14-6-8-15(21)9-7-14)18-10-5-11-20(2)12-13-22-3/h14-15,21H,4-13H2,1-3H3,(H2,17,18,19). The Hall–Kier alpha value is -0.850. The number of aliphatic imine (C=N–C) groups is 1. The van der Waals surface area contributed by atoms with Gasteiger partial charge in [-0.3, -0.25) is 4.99 Å². The van der Waals surface area contributed by atoms with Crippen LogP contribution in [-0.2, 0) is 4.74 Å². The minimum absolute atomic E-state index is 0.111. The lowest BCUT2D eigenvalue weighted by molar-refractivity contribution is 0.120. The van der Waals surface area contributed by atoms with Gasteiger partial charge in [0.15, 0.2) is 5.96 Å². The van der Waals surface area contributed by atoms with Gasteiger partial charge in [0.1, 0.15) is 0 Å². The van der Waals surface area contributed by atoms with E-state index in [9.17, 15) is 5.11 Å².